The van der Waals surface area contributed by atoms with Gasteiger partial charge in [-0.3, -0.25) is 9.59 Å². The molecule has 0 bridgehead atoms. The molecule has 1 aliphatic rings. The van der Waals surface area contributed by atoms with E-state index in [0.29, 0.717) is 12.3 Å². The second kappa shape index (κ2) is 5.04. The van der Waals surface area contributed by atoms with Crippen molar-refractivity contribution in [3.05, 3.63) is 0 Å². The number of hydrogen-bond acceptors (Lipinski definition) is 3. The van der Waals surface area contributed by atoms with Gasteiger partial charge in [0.1, 0.15) is 5.54 Å². The summed E-state index contributed by atoms with van der Waals surface area (Å²) in [6.45, 7) is 5.33. The Labute approximate surface area is 102 Å². The lowest BCUT2D eigenvalue weighted by Crippen LogP contribution is -2.61. The Hall–Kier alpha value is -1.10. The Balaban J connectivity index is 2.59. The van der Waals surface area contributed by atoms with Crippen molar-refractivity contribution in [2.75, 3.05) is 0 Å². The molecule has 5 N–H and O–H groups in total. The molecule has 1 fully saturated rings. The number of primary amides is 1. The molecular weight excluding hydrogens is 218 g/mol. The number of rotatable bonds is 6. The molecule has 0 aliphatic heterocycles. The minimum absolute atomic E-state index is 0.0722. The van der Waals surface area contributed by atoms with E-state index < -0.39 is 17.5 Å². The standard InChI is InChI=1S/C12H23N3O2/c1-7(2)12(3,11(14)17)15-10(16)9(13)6-8-4-5-8/h7-9H,4-6,13H2,1-3H3,(H2,14,17)(H,15,16). The van der Waals surface area contributed by atoms with Crippen LogP contribution < -0.4 is 16.8 Å². The van der Waals surface area contributed by atoms with Gasteiger partial charge in [-0.05, 0) is 25.2 Å². The van der Waals surface area contributed by atoms with E-state index in [0.717, 1.165) is 12.8 Å². The molecule has 2 atom stereocenters. The fourth-order valence-electron chi connectivity index (χ4n) is 1.66. The van der Waals surface area contributed by atoms with Crippen molar-refractivity contribution < 1.29 is 9.59 Å². The first-order valence-corrected chi connectivity index (χ1v) is 6.15. The van der Waals surface area contributed by atoms with Gasteiger partial charge in [-0.1, -0.05) is 26.7 Å². The maximum Gasteiger partial charge on any atom is 0.243 e. The maximum atomic E-state index is 11.9. The topological polar surface area (TPSA) is 98.2 Å². The first kappa shape index (κ1) is 14.0. The van der Waals surface area contributed by atoms with Crippen LogP contribution in [-0.2, 0) is 9.59 Å². The highest BCUT2D eigenvalue weighted by molar-refractivity contribution is 5.92. The number of carbonyl (C=O) groups is 2. The molecule has 5 heteroatoms. The monoisotopic (exact) mass is 241 g/mol. The van der Waals surface area contributed by atoms with Crippen LogP contribution in [0.3, 0.4) is 0 Å². The lowest BCUT2D eigenvalue weighted by molar-refractivity contribution is -0.133. The summed E-state index contributed by atoms with van der Waals surface area (Å²) >= 11 is 0. The Morgan fingerprint density at radius 2 is 1.94 bits per heavy atom. The first-order chi connectivity index (χ1) is 7.77. The molecule has 0 radical (unpaired) electrons. The summed E-state index contributed by atoms with van der Waals surface area (Å²) in [5.74, 6) is -0.307. The summed E-state index contributed by atoms with van der Waals surface area (Å²) < 4.78 is 0. The van der Waals surface area contributed by atoms with Crippen molar-refractivity contribution in [1.82, 2.24) is 5.32 Å². The van der Waals surface area contributed by atoms with Gasteiger partial charge in [-0.25, -0.2) is 0 Å². The van der Waals surface area contributed by atoms with Crippen LogP contribution >= 0.6 is 0 Å². The lowest BCUT2D eigenvalue weighted by atomic mass is 9.87. The Morgan fingerprint density at radius 3 is 2.29 bits per heavy atom. The highest BCUT2D eigenvalue weighted by Gasteiger charge is 2.38. The highest BCUT2D eigenvalue weighted by Crippen LogP contribution is 2.33. The second-order valence-corrected chi connectivity index (χ2v) is 5.50. The van der Waals surface area contributed by atoms with Gasteiger partial charge in [0.25, 0.3) is 0 Å². The predicted molar refractivity (Wildman–Crippen MR) is 65.9 cm³/mol. The average Bonchev–Trinajstić information content (AvgIpc) is 3.00. The molecule has 1 aliphatic carbocycles. The molecule has 0 aromatic rings. The van der Waals surface area contributed by atoms with E-state index >= 15 is 0 Å². The van der Waals surface area contributed by atoms with Gasteiger partial charge in [0, 0.05) is 0 Å². The van der Waals surface area contributed by atoms with Gasteiger partial charge in [0.2, 0.25) is 11.8 Å². The number of hydrogen-bond donors (Lipinski definition) is 3. The van der Waals surface area contributed by atoms with Gasteiger partial charge in [-0.2, -0.15) is 0 Å². The summed E-state index contributed by atoms with van der Waals surface area (Å²) in [6, 6.07) is -0.542. The van der Waals surface area contributed by atoms with Gasteiger partial charge in [0.05, 0.1) is 6.04 Å². The van der Waals surface area contributed by atoms with Crippen LogP contribution in [0.5, 0.6) is 0 Å². The molecule has 17 heavy (non-hydrogen) atoms. The van der Waals surface area contributed by atoms with Crippen molar-refractivity contribution in [2.24, 2.45) is 23.3 Å². The summed E-state index contributed by atoms with van der Waals surface area (Å²) in [6.07, 6.45) is 3.00. The van der Waals surface area contributed by atoms with Crippen molar-refractivity contribution in [3.63, 3.8) is 0 Å². The zero-order chi connectivity index (χ0) is 13.2. The highest BCUT2D eigenvalue weighted by atomic mass is 16.2. The minimum atomic E-state index is -1.03. The molecule has 98 valence electrons. The maximum absolute atomic E-state index is 11.9. The smallest absolute Gasteiger partial charge is 0.243 e. The SMILES string of the molecule is CC(C)C(C)(NC(=O)C(N)CC1CC1)C(N)=O. The minimum Gasteiger partial charge on any atom is -0.368 e. The van der Waals surface area contributed by atoms with Crippen LogP contribution in [0.4, 0.5) is 0 Å². The number of nitrogens with two attached hydrogens (primary N) is 2. The summed E-state index contributed by atoms with van der Waals surface area (Å²) in [7, 11) is 0. The van der Waals surface area contributed by atoms with Crippen LogP contribution in [-0.4, -0.2) is 23.4 Å². The molecule has 0 saturated heterocycles. The fourth-order valence-corrected chi connectivity index (χ4v) is 1.66. The molecule has 1 rings (SSSR count). The van der Waals surface area contributed by atoms with E-state index in [9.17, 15) is 9.59 Å². The van der Waals surface area contributed by atoms with Crippen molar-refractivity contribution in [2.45, 2.75) is 51.6 Å². The normalized spacial score (nSPS) is 20.8. The van der Waals surface area contributed by atoms with Gasteiger partial charge < -0.3 is 16.8 Å². The number of amides is 2. The zero-order valence-corrected chi connectivity index (χ0v) is 10.8. The average molecular weight is 241 g/mol. The van der Waals surface area contributed by atoms with E-state index in [1.807, 2.05) is 13.8 Å². The largest absolute Gasteiger partial charge is 0.368 e. The fraction of sp³-hybridized carbons (Fsp3) is 0.833. The Kier molecular flexibility index (Phi) is 4.14. The van der Waals surface area contributed by atoms with Crippen molar-refractivity contribution in [3.8, 4) is 0 Å². The van der Waals surface area contributed by atoms with E-state index in [1.54, 1.807) is 6.92 Å². The third-order valence-electron chi connectivity index (χ3n) is 3.67. The number of carbonyl (C=O) groups excluding carboxylic acids is 2. The summed E-state index contributed by atoms with van der Waals surface area (Å²) in [5.41, 5.74) is 10.1. The molecule has 0 spiro atoms. The van der Waals surface area contributed by atoms with Crippen LogP contribution in [0.15, 0.2) is 0 Å². The Morgan fingerprint density at radius 1 is 1.41 bits per heavy atom. The quantitative estimate of drug-likeness (QED) is 0.616. The van der Waals surface area contributed by atoms with Crippen LogP contribution in [0, 0.1) is 11.8 Å². The van der Waals surface area contributed by atoms with E-state index in [4.69, 9.17) is 11.5 Å². The lowest BCUT2D eigenvalue weighted by Gasteiger charge is -2.32. The molecule has 0 heterocycles. The summed E-state index contributed by atoms with van der Waals surface area (Å²) in [4.78, 5) is 23.3. The molecule has 1 saturated carbocycles. The van der Waals surface area contributed by atoms with E-state index in [2.05, 4.69) is 5.32 Å². The molecular formula is C12H23N3O2. The van der Waals surface area contributed by atoms with Gasteiger partial charge in [-0.15, -0.1) is 0 Å². The summed E-state index contributed by atoms with van der Waals surface area (Å²) in [5, 5.41) is 2.69. The molecule has 5 nitrogen and oxygen atoms in total. The van der Waals surface area contributed by atoms with E-state index in [1.165, 1.54) is 0 Å². The molecule has 0 aromatic heterocycles. The number of nitrogens with one attached hydrogen (secondary N) is 1. The third-order valence-corrected chi connectivity index (χ3v) is 3.67. The van der Waals surface area contributed by atoms with Crippen molar-refractivity contribution >= 4 is 11.8 Å². The molecule has 2 unspecified atom stereocenters. The molecule has 0 aromatic carbocycles. The van der Waals surface area contributed by atoms with Crippen LogP contribution in [0.1, 0.15) is 40.0 Å². The van der Waals surface area contributed by atoms with Gasteiger partial charge in [0.15, 0.2) is 0 Å². The van der Waals surface area contributed by atoms with Crippen molar-refractivity contribution in [1.29, 1.82) is 0 Å². The van der Waals surface area contributed by atoms with Crippen LogP contribution in [0.25, 0.3) is 0 Å². The van der Waals surface area contributed by atoms with E-state index in [-0.39, 0.29) is 11.8 Å². The predicted octanol–water partition coefficient (Wildman–Crippen LogP) is 0.130. The zero-order valence-electron chi connectivity index (χ0n) is 10.8. The Bertz CT molecular complexity index is 313. The van der Waals surface area contributed by atoms with Crippen LogP contribution in [0.2, 0.25) is 0 Å². The van der Waals surface area contributed by atoms with Gasteiger partial charge >= 0.3 is 0 Å². The molecule has 2 amide bonds. The second-order valence-electron chi connectivity index (χ2n) is 5.50. The first-order valence-electron chi connectivity index (χ1n) is 6.15. The third kappa shape index (κ3) is 3.43.